The zero-order chi connectivity index (χ0) is 33.4. The second kappa shape index (κ2) is 12.6. The Morgan fingerprint density at radius 3 is 2.37 bits per heavy atom. The normalized spacial score (nSPS) is 16.3. The first kappa shape index (κ1) is 32.7. The van der Waals surface area contributed by atoms with E-state index in [0.717, 1.165) is 0 Å². The summed E-state index contributed by atoms with van der Waals surface area (Å²) in [6.45, 7) is 13.3. The number of nitrogens with zero attached hydrogens (tertiary/aromatic N) is 3. The molecule has 2 aliphatic heterocycles. The van der Waals surface area contributed by atoms with Gasteiger partial charge in [-0.05, 0) is 71.5 Å². The van der Waals surface area contributed by atoms with Crippen molar-refractivity contribution in [1.82, 2.24) is 9.97 Å². The lowest BCUT2D eigenvalue weighted by Crippen LogP contribution is -2.42. The Morgan fingerprint density at radius 2 is 1.70 bits per heavy atom. The van der Waals surface area contributed by atoms with E-state index in [2.05, 4.69) is 20.6 Å². The molecule has 0 bridgehead atoms. The van der Waals surface area contributed by atoms with Gasteiger partial charge in [0.2, 0.25) is 5.88 Å². The number of amides is 3. The van der Waals surface area contributed by atoms with Gasteiger partial charge in [0.1, 0.15) is 35.4 Å². The summed E-state index contributed by atoms with van der Waals surface area (Å²) in [5.41, 5.74) is -0.568. The van der Waals surface area contributed by atoms with Crippen LogP contribution in [0.4, 0.5) is 36.0 Å². The summed E-state index contributed by atoms with van der Waals surface area (Å²) < 4.78 is 43.9. The minimum atomic E-state index is -0.876. The molecule has 0 spiro atoms. The summed E-state index contributed by atoms with van der Waals surface area (Å²) in [5, 5.41) is 5.80. The molecule has 13 nitrogen and oxygen atoms in total. The molecular formula is C32H38FN5O8. The quantitative estimate of drug-likeness (QED) is 0.300. The first-order chi connectivity index (χ1) is 21.6. The van der Waals surface area contributed by atoms with E-state index in [1.54, 1.807) is 54.5 Å². The molecular weight excluding hydrogens is 601 g/mol. The predicted octanol–water partition coefficient (Wildman–Crippen LogP) is 6.56. The molecule has 46 heavy (non-hydrogen) atoms. The third-order valence-corrected chi connectivity index (χ3v) is 6.98. The van der Waals surface area contributed by atoms with Crippen LogP contribution >= 0.6 is 0 Å². The largest absolute Gasteiger partial charge is 0.474 e. The number of fused-ring (bicyclic) bond motifs is 2. The van der Waals surface area contributed by atoms with E-state index in [1.165, 1.54) is 23.4 Å². The maximum Gasteiger partial charge on any atom is 0.415 e. The Morgan fingerprint density at radius 1 is 0.957 bits per heavy atom. The number of benzene rings is 1. The smallest absolute Gasteiger partial charge is 0.415 e. The van der Waals surface area contributed by atoms with Crippen molar-refractivity contribution < 1.29 is 42.5 Å². The SMILES string of the molecule is Cc1c(-c2cc3cc(NC(=O)OC4CCOC4)ncc3c(NC(=O)OC(C)(C)C)c2F)cnc2c1N(C(=O)OC(C)(C)C)CCO2. The second-order valence-corrected chi connectivity index (χ2v) is 13.0. The van der Waals surface area contributed by atoms with Gasteiger partial charge in [-0.25, -0.2) is 28.7 Å². The van der Waals surface area contributed by atoms with E-state index in [4.69, 9.17) is 23.7 Å². The molecule has 2 aromatic heterocycles. The van der Waals surface area contributed by atoms with Crippen molar-refractivity contribution in [2.75, 3.05) is 41.9 Å². The van der Waals surface area contributed by atoms with Gasteiger partial charge in [0.25, 0.3) is 0 Å². The Labute approximate surface area is 265 Å². The number of hydrogen-bond donors (Lipinski definition) is 2. The first-order valence-corrected chi connectivity index (χ1v) is 14.9. The van der Waals surface area contributed by atoms with Crippen molar-refractivity contribution in [3.8, 4) is 17.0 Å². The topological polar surface area (TPSA) is 150 Å². The number of carbonyl (C=O) groups excluding carboxylic acids is 3. The van der Waals surface area contributed by atoms with E-state index in [0.29, 0.717) is 41.8 Å². The molecule has 1 atom stereocenters. The fourth-order valence-electron chi connectivity index (χ4n) is 5.06. The summed E-state index contributed by atoms with van der Waals surface area (Å²) in [6.07, 6.45) is 0.811. The van der Waals surface area contributed by atoms with Crippen LogP contribution in [0.15, 0.2) is 24.5 Å². The van der Waals surface area contributed by atoms with Crippen LogP contribution in [-0.2, 0) is 18.9 Å². The van der Waals surface area contributed by atoms with Gasteiger partial charge in [-0.2, -0.15) is 0 Å². The highest BCUT2D eigenvalue weighted by molar-refractivity contribution is 6.05. The van der Waals surface area contributed by atoms with Crippen LogP contribution in [0, 0.1) is 12.7 Å². The van der Waals surface area contributed by atoms with Gasteiger partial charge in [-0.1, -0.05) is 0 Å². The number of halogens is 1. The van der Waals surface area contributed by atoms with E-state index < -0.39 is 35.3 Å². The number of nitrogens with one attached hydrogen (secondary N) is 2. The average Bonchev–Trinajstić information content (AvgIpc) is 3.45. The number of rotatable bonds is 4. The van der Waals surface area contributed by atoms with Crippen molar-refractivity contribution in [2.45, 2.75) is 72.2 Å². The van der Waals surface area contributed by atoms with Crippen molar-refractivity contribution >= 4 is 46.2 Å². The fraction of sp³-hybridized carbons (Fsp3) is 0.469. The van der Waals surface area contributed by atoms with Gasteiger partial charge in [0, 0.05) is 35.3 Å². The highest BCUT2D eigenvalue weighted by Gasteiger charge is 2.32. The van der Waals surface area contributed by atoms with E-state index in [9.17, 15) is 14.4 Å². The summed E-state index contributed by atoms with van der Waals surface area (Å²) in [4.78, 5) is 48.6. The molecule has 0 aliphatic carbocycles. The average molecular weight is 640 g/mol. The molecule has 1 unspecified atom stereocenters. The lowest BCUT2D eigenvalue weighted by atomic mass is 9.96. The molecule has 246 valence electrons. The molecule has 3 aromatic rings. The number of ether oxygens (including phenoxy) is 5. The lowest BCUT2D eigenvalue weighted by Gasteiger charge is -2.32. The summed E-state index contributed by atoms with van der Waals surface area (Å²) >= 11 is 0. The fourth-order valence-corrected chi connectivity index (χ4v) is 5.06. The Kier molecular flexibility index (Phi) is 8.94. The molecule has 1 fully saturated rings. The van der Waals surface area contributed by atoms with Crippen LogP contribution in [-0.4, -0.2) is 71.9 Å². The predicted molar refractivity (Wildman–Crippen MR) is 168 cm³/mol. The molecule has 1 aromatic carbocycles. The Hall–Kier alpha value is -4.72. The summed E-state index contributed by atoms with van der Waals surface area (Å²) in [5.74, 6) is -0.442. The first-order valence-electron chi connectivity index (χ1n) is 14.9. The monoisotopic (exact) mass is 639 g/mol. The molecule has 4 heterocycles. The van der Waals surface area contributed by atoms with Crippen LogP contribution in [0.2, 0.25) is 0 Å². The lowest BCUT2D eigenvalue weighted by molar-refractivity contribution is 0.0564. The minimum Gasteiger partial charge on any atom is -0.474 e. The zero-order valence-electron chi connectivity index (χ0n) is 26.9. The van der Waals surface area contributed by atoms with E-state index in [1.807, 2.05) is 0 Å². The Bertz CT molecular complexity index is 1680. The number of pyridine rings is 2. The van der Waals surface area contributed by atoms with Gasteiger partial charge in [0.05, 0.1) is 25.4 Å². The molecule has 1 saturated heterocycles. The van der Waals surface area contributed by atoms with Crippen LogP contribution in [0.3, 0.4) is 0 Å². The molecule has 3 amide bonds. The van der Waals surface area contributed by atoms with E-state index in [-0.39, 0.29) is 47.6 Å². The standard InChI is InChI=1S/C32H38FN5O8/c1-17-21(14-35-27-26(17)38(9-11-43-27)30(41)46-32(5,6)7)20-12-18-13-23(36-28(39)44-19-8-10-42-16-19)34-15-22(18)25(24(20)33)37-29(40)45-31(2,3)4/h12-15,19H,8-11,16H2,1-7H3,(H,37,40)(H,34,36,39). The van der Waals surface area contributed by atoms with Gasteiger partial charge >= 0.3 is 18.3 Å². The third-order valence-electron chi connectivity index (χ3n) is 6.98. The van der Waals surface area contributed by atoms with Crippen molar-refractivity contribution in [3.63, 3.8) is 0 Å². The second-order valence-electron chi connectivity index (χ2n) is 13.0. The molecule has 14 heteroatoms. The number of aromatic nitrogens is 2. The zero-order valence-corrected chi connectivity index (χ0v) is 26.9. The maximum absolute atomic E-state index is 16.5. The van der Waals surface area contributed by atoms with Crippen molar-refractivity contribution in [2.24, 2.45) is 0 Å². The Balaban J connectivity index is 1.60. The highest BCUT2D eigenvalue weighted by Crippen LogP contribution is 2.42. The highest BCUT2D eigenvalue weighted by atomic mass is 19.1. The number of anilines is 3. The maximum atomic E-state index is 16.5. The van der Waals surface area contributed by atoms with Gasteiger partial charge in [-0.3, -0.25) is 15.5 Å². The molecule has 5 rings (SSSR count). The molecule has 2 N–H and O–H groups in total. The van der Waals surface area contributed by atoms with Gasteiger partial charge in [0.15, 0.2) is 5.82 Å². The minimum absolute atomic E-state index is 0.0592. The third kappa shape index (κ3) is 7.39. The van der Waals surface area contributed by atoms with Crippen LogP contribution in [0.5, 0.6) is 5.88 Å². The van der Waals surface area contributed by atoms with E-state index >= 15 is 4.39 Å². The van der Waals surface area contributed by atoms with Crippen molar-refractivity contribution in [1.29, 1.82) is 0 Å². The summed E-state index contributed by atoms with van der Waals surface area (Å²) in [6, 6.07) is 3.08. The van der Waals surface area contributed by atoms with Crippen LogP contribution in [0.25, 0.3) is 21.9 Å². The van der Waals surface area contributed by atoms with Crippen LogP contribution < -0.4 is 20.3 Å². The molecule has 0 saturated carbocycles. The van der Waals surface area contributed by atoms with Crippen LogP contribution in [0.1, 0.15) is 53.5 Å². The number of hydrogen-bond acceptors (Lipinski definition) is 10. The van der Waals surface area contributed by atoms with Gasteiger partial charge < -0.3 is 23.7 Å². The van der Waals surface area contributed by atoms with Gasteiger partial charge in [-0.15, -0.1) is 0 Å². The summed E-state index contributed by atoms with van der Waals surface area (Å²) in [7, 11) is 0. The molecule has 2 aliphatic rings. The molecule has 0 radical (unpaired) electrons. The number of carbonyl (C=O) groups is 3. The van der Waals surface area contributed by atoms with Crippen molar-refractivity contribution in [3.05, 3.63) is 35.9 Å².